The molecule has 0 saturated heterocycles. The lowest BCUT2D eigenvalue weighted by Crippen LogP contribution is -2.54. The van der Waals surface area contributed by atoms with Crippen molar-refractivity contribution in [2.24, 2.45) is 0 Å². The number of aromatic hydroxyl groups is 1. The number of phenolic OH excluding ortho intramolecular Hbond substituents is 1. The van der Waals surface area contributed by atoms with E-state index >= 15 is 0 Å². The van der Waals surface area contributed by atoms with E-state index in [-0.39, 0.29) is 31.4 Å². The normalized spacial score (nSPS) is 13.7. The summed E-state index contributed by atoms with van der Waals surface area (Å²) in [6.45, 7) is 12.3. The molecule has 0 aliphatic carbocycles. The van der Waals surface area contributed by atoms with Crippen LogP contribution in [-0.4, -0.2) is 64.7 Å². The molecule has 3 N–H and O–H groups in total. The first-order valence-corrected chi connectivity index (χ1v) is 11.8. The van der Waals surface area contributed by atoms with Crippen LogP contribution in [0, 0.1) is 0 Å². The molecule has 10 heteroatoms. The minimum absolute atomic E-state index is 0.0107. The van der Waals surface area contributed by atoms with Crippen LogP contribution in [0.1, 0.15) is 72.9 Å². The molecule has 0 bridgehead atoms. The fourth-order valence-corrected chi connectivity index (χ4v) is 3.28. The Morgan fingerprint density at radius 2 is 1.66 bits per heavy atom. The van der Waals surface area contributed by atoms with Gasteiger partial charge < -0.3 is 30.1 Å². The third-order valence-electron chi connectivity index (χ3n) is 5.09. The van der Waals surface area contributed by atoms with Crippen molar-refractivity contribution in [3.05, 3.63) is 29.8 Å². The molecule has 0 heterocycles. The van der Waals surface area contributed by atoms with Gasteiger partial charge in [0.25, 0.3) is 0 Å². The van der Waals surface area contributed by atoms with E-state index in [0.29, 0.717) is 12.0 Å². The molecule has 0 saturated carbocycles. The smallest absolute Gasteiger partial charge is 0.408 e. The lowest BCUT2D eigenvalue weighted by molar-refractivity contribution is -0.145. The molecule has 3 atom stereocenters. The Morgan fingerprint density at radius 1 is 1.06 bits per heavy atom. The molecule has 0 spiro atoms. The third kappa shape index (κ3) is 9.84. The average Bonchev–Trinajstić information content (AvgIpc) is 2.76. The van der Waals surface area contributed by atoms with Crippen LogP contribution in [0.5, 0.6) is 5.75 Å². The molecule has 35 heavy (non-hydrogen) atoms. The SMILES string of the molecule is CCOC(=O)CCNC(=O)C(c1ccc(O)cc1)N(C(=O)C(C)NC(=O)OC(C)(C)C)C(C)CC. The maximum Gasteiger partial charge on any atom is 0.408 e. The van der Waals surface area contributed by atoms with Gasteiger partial charge in [-0.05, 0) is 65.7 Å². The van der Waals surface area contributed by atoms with Crippen molar-refractivity contribution in [1.29, 1.82) is 0 Å². The van der Waals surface area contributed by atoms with Gasteiger partial charge >= 0.3 is 12.1 Å². The topological polar surface area (TPSA) is 134 Å². The monoisotopic (exact) mass is 493 g/mol. The van der Waals surface area contributed by atoms with E-state index in [9.17, 15) is 24.3 Å². The average molecular weight is 494 g/mol. The van der Waals surface area contributed by atoms with Crippen LogP contribution in [0.25, 0.3) is 0 Å². The Balaban J connectivity index is 3.24. The summed E-state index contributed by atoms with van der Waals surface area (Å²) in [5.74, 6) is -1.42. The van der Waals surface area contributed by atoms with Crippen LogP contribution in [0.2, 0.25) is 0 Å². The summed E-state index contributed by atoms with van der Waals surface area (Å²) in [6, 6.07) is 3.54. The van der Waals surface area contributed by atoms with Crippen LogP contribution in [0.3, 0.4) is 0 Å². The van der Waals surface area contributed by atoms with Crippen molar-refractivity contribution in [3.63, 3.8) is 0 Å². The molecular formula is C25H39N3O7. The number of rotatable bonds is 11. The minimum atomic E-state index is -1.07. The molecule has 3 unspecified atom stereocenters. The summed E-state index contributed by atoms with van der Waals surface area (Å²) < 4.78 is 10.1. The van der Waals surface area contributed by atoms with Gasteiger partial charge in [-0.3, -0.25) is 14.4 Å². The maximum absolute atomic E-state index is 13.6. The van der Waals surface area contributed by atoms with Crippen LogP contribution in [0.4, 0.5) is 4.79 Å². The van der Waals surface area contributed by atoms with E-state index in [0.717, 1.165) is 0 Å². The Hall–Kier alpha value is -3.30. The van der Waals surface area contributed by atoms with Gasteiger partial charge in [0.2, 0.25) is 11.8 Å². The van der Waals surface area contributed by atoms with Crippen LogP contribution < -0.4 is 10.6 Å². The zero-order valence-corrected chi connectivity index (χ0v) is 21.7. The third-order valence-corrected chi connectivity index (χ3v) is 5.09. The largest absolute Gasteiger partial charge is 0.508 e. The van der Waals surface area contributed by atoms with Crippen molar-refractivity contribution in [1.82, 2.24) is 15.5 Å². The van der Waals surface area contributed by atoms with Gasteiger partial charge in [0.05, 0.1) is 13.0 Å². The number of alkyl carbamates (subject to hydrolysis) is 1. The first kappa shape index (κ1) is 29.7. The Kier molecular flexibility index (Phi) is 11.5. The summed E-state index contributed by atoms with van der Waals surface area (Å²) in [5.41, 5.74) is -0.272. The fraction of sp³-hybridized carbons (Fsp3) is 0.600. The molecule has 1 rings (SSSR count). The number of ether oxygens (including phenoxy) is 2. The van der Waals surface area contributed by atoms with Crippen LogP contribution in [-0.2, 0) is 23.9 Å². The van der Waals surface area contributed by atoms with E-state index in [1.807, 2.05) is 6.92 Å². The van der Waals surface area contributed by atoms with E-state index < -0.39 is 41.6 Å². The number of esters is 1. The fourth-order valence-electron chi connectivity index (χ4n) is 3.28. The number of nitrogens with zero attached hydrogens (tertiary/aromatic N) is 1. The second-order valence-electron chi connectivity index (χ2n) is 9.21. The molecule has 0 aromatic heterocycles. The molecule has 0 radical (unpaired) electrons. The second kappa shape index (κ2) is 13.6. The van der Waals surface area contributed by atoms with Crippen LogP contribution >= 0.6 is 0 Å². The zero-order chi connectivity index (χ0) is 26.8. The minimum Gasteiger partial charge on any atom is -0.508 e. The molecular weight excluding hydrogens is 454 g/mol. The van der Waals surface area contributed by atoms with Crippen molar-refractivity contribution >= 4 is 23.9 Å². The second-order valence-corrected chi connectivity index (χ2v) is 9.21. The van der Waals surface area contributed by atoms with Gasteiger partial charge in [-0.15, -0.1) is 0 Å². The summed E-state index contributed by atoms with van der Waals surface area (Å²) in [5, 5.41) is 15.0. The first-order valence-electron chi connectivity index (χ1n) is 11.8. The first-order chi connectivity index (χ1) is 16.3. The van der Waals surface area contributed by atoms with Gasteiger partial charge in [-0.25, -0.2) is 4.79 Å². The van der Waals surface area contributed by atoms with E-state index in [4.69, 9.17) is 9.47 Å². The molecule has 3 amide bonds. The summed E-state index contributed by atoms with van der Waals surface area (Å²) in [4.78, 5) is 52.2. The summed E-state index contributed by atoms with van der Waals surface area (Å²) >= 11 is 0. The number of carbonyl (C=O) groups excluding carboxylic acids is 4. The molecule has 1 aromatic rings. The highest BCUT2D eigenvalue weighted by Gasteiger charge is 2.37. The molecule has 10 nitrogen and oxygen atoms in total. The standard InChI is InChI=1S/C25H39N3O7/c1-8-16(3)28(23(32)17(4)27-24(33)35-25(5,6)7)21(18-10-12-19(29)13-11-18)22(31)26-15-14-20(30)34-9-2/h10-13,16-17,21,29H,8-9,14-15H2,1-7H3,(H,26,31)(H,27,33). The molecule has 196 valence electrons. The zero-order valence-electron chi connectivity index (χ0n) is 21.7. The van der Waals surface area contributed by atoms with Gasteiger partial charge in [0.15, 0.2) is 0 Å². The quantitative estimate of drug-likeness (QED) is 0.403. The van der Waals surface area contributed by atoms with Gasteiger partial charge in [0, 0.05) is 12.6 Å². The van der Waals surface area contributed by atoms with Crippen molar-refractivity contribution in [2.45, 2.75) is 85.0 Å². The number of phenols is 1. The number of carbonyl (C=O) groups is 4. The number of amides is 3. The van der Waals surface area contributed by atoms with Gasteiger partial charge in [-0.2, -0.15) is 0 Å². The highest BCUT2D eigenvalue weighted by atomic mass is 16.6. The highest BCUT2D eigenvalue weighted by molar-refractivity contribution is 5.92. The lowest BCUT2D eigenvalue weighted by Gasteiger charge is -2.37. The lowest BCUT2D eigenvalue weighted by atomic mass is 10.00. The van der Waals surface area contributed by atoms with Gasteiger partial charge in [0.1, 0.15) is 23.4 Å². The van der Waals surface area contributed by atoms with Crippen molar-refractivity contribution in [2.75, 3.05) is 13.2 Å². The Morgan fingerprint density at radius 3 is 2.17 bits per heavy atom. The molecule has 0 aliphatic heterocycles. The Labute approximate surface area is 207 Å². The molecule has 1 aromatic carbocycles. The van der Waals surface area contributed by atoms with Gasteiger partial charge in [-0.1, -0.05) is 19.1 Å². The van der Waals surface area contributed by atoms with E-state index in [2.05, 4.69) is 10.6 Å². The summed E-state index contributed by atoms with van der Waals surface area (Å²) in [6.07, 6.45) is -0.228. The van der Waals surface area contributed by atoms with Crippen LogP contribution in [0.15, 0.2) is 24.3 Å². The predicted octanol–water partition coefficient (Wildman–Crippen LogP) is 3.04. The number of nitrogens with one attached hydrogen (secondary N) is 2. The maximum atomic E-state index is 13.6. The molecule has 0 aliphatic rings. The van der Waals surface area contributed by atoms with E-state index in [1.54, 1.807) is 46.8 Å². The Bertz CT molecular complexity index is 865. The molecule has 0 fully saturated rings. The van der Waals surface area contributed by atoms with E-state index in [1.165, 1.54) is 24.0 Å². The highest BCUT2D eigenvalue weighted by Crippen LogP contribution is 2.27. The number of benzene rings is 1. The van der Waals surface area contributed by atoms with Crippen molar-refractivity contribution in [3.8, 4) is 5.75 Å². The summed E-state index contributed by atoms with van der Waals surface area (Å²) in [7, 11) is 0. The number of hydrogen-bond acceptors (Lipinski definition) is 7. The van der Waals surface area contributed by atoms with Crippen molar-refractivity contribution < 1.29 is 33.8 Å². The predicted molar refractivity (Wildman–Crippen MR) is 131 cm³/mol. The number of hydrogen-bond donors (Lipinski definition) is 3.